The van der Waals surface area contributed by atoms with E-state index in [9.17, 15) is 4.79 Å². The summed E-state index contributed by atoms with van der Waals surface area (Å²) in [6.07, 6.45) is 4.72. The maximum absolute atomic E-state index is 12.6. The molecular formula is C21H27N3OS. The van der Waals surface area contributed by atoms with Crippen molar-refractivity contribution in [2.24, 2.45) is 5.92 Å². The van der Waals surface area contributed by atoms with Crippen LogP contribution in [0.3, 0.4) is 0 Å². The first-order valence-electron chi connectivity index (χ1n) is 9.46. The average Bonchev–Trinajstić information content (AvgIpc) is 3.23. The minimum atomic E-state index is 0.0279. The van der Waals surface area contributed by atoms with E-state index in [0.717, 1.165) is 39.4 Å². The molecule has 4 nitrogen and oxygen atoms in total. The van der Waals surface area contributed by atoms with Crippen LogP contribution in [0.1, 0.15) is 54.9 Å². The van der Waals surface area contributed by atoms with Crippen LogP contribution in [0.2, 0.25) is 0 Å². The van der Waals surface area contributed by atoms with Gasteiger partial charge < -0.3 is 5.32 Å². The standard InChI is InChI=1S/C21H27N3OS/c1-4-6-10-16(5-2)14-22-20(25)19-13-18-15(3)23-24(21(18)26-19)17-11-8-7-9-12-17/h7-9,11-13,16H,4-6,10,14H2,1-3H3,(H,22,25). The first-order valence-corrected chi connectivity index (χ1v) is 10.3. The Balaban J connectivity index is 1.78. The average molecular weight is 370 g/mol. The lowest BCUT2D eigenvalue weighted by atomic mass is 9.99. The van der Waals surface area contributed by atoms with Crippen LogP contribution in [0, 0.1) is 12.8 Å². The molecule has 138 valence electrons. The van der Waals surface area contributed by atoms with Crippen molar-refractivity contribution in [2.45, 2.75) is 46.5 Å². The van der Waals surface area contributed by atoms with E-state index in [1.165, 1.54) is 30.6 Å². The van der Waals surface area contributed by atoms with Gasteiger partial charge in [-0.1, -0.05) is 51.3 Å². The molecule has 3 aromatic rings. The molecule has 5 heteroatoms. The molecule has 3 rings (SSSR count). The summed E-state index contributed by atoms with van der Waals surface area (Å²) in [6.45, 7) is 7.16. The van der Waals surface area contributed by atoms with Crippen LogP contribution in [0.5, 0.6) is 0 Å². The van der Waals surface area contributed by atoms with Gasteiger partial charge in [-0.25, -0.2) is 4.68 Å². The molecule has 1 unspecified atom stereocenters. The van der Waals surface area contributed by atoms with Crippen LogP contribution >= 0.6 is 11.3 Å². The highest BCUT2D eigenvalue weighted by atomic mass is 32.1. The minimum absolute atomic E-state index is 0.0279. The second kappa shape index (κ2) is 8.49. The van der Waals surface area contributed by atoms with E-state index in [-0.39, 0.29) is 5.91 Å². The van der Waals surface area contributed by atoms with Crippen molar-refractivity contribution in [1.82, 2.24) is 15.1 Å². The van der Waals surface area contributed by atoms with Crippen LogP contribution in [-0.2, 0) is 0 Å². The molecule has 1 amide bonds. The molecule has 2 aromatic heterocycles. The van der Waals surface area contributed by atoms with E-state index in [2.05, 4.69) is 24.3 Å². The van der Waals surface area contributed by atoms with Crippen molar-refractivity contribution in [1.29, 1.82) is 0 Å². The van der Waals surface area contributed by atoms with Crippen molar-refractivity contribution < 1.29 is 4.79 Å². The zero-order valence-electron chi connectivity index (χ0n) is 15.8. The number of carbonyl (C=O) groups excluding carboxylic acids is 1. The molecule has 0 bridgehead atoms. The van der Waals surface area contributed by atoms with Crippen molar-refractivity contribution >= 4 is 27.5 Å². The van der Waals surface area contributed by atoms with E-state index in [0.29, 0.717) is 5.92 Å². The van der Waals surface area contributed by atoms with E-state index in [4.69, 9.17) is 0 Å². The number of aromatic nitrogens is 2. The maximum Gasteiger partial charge on any atom is 0.261 e. The molecule has 0 aliphatic rings. The molecule has 1 aromatic carbocycles. The third-order valence-corrected chi connectivity index (χ3v) is 5.97. The highest BCUT2D eigenvalue weighted by molar-refractivity contribution is 7.20. The summed E-state index contributed by atoms with van der Waals surface area (Å²) in [6, 6.07) is 12.0. The second-order valence-electron chi connectivity index (χ2n) is 6.79. The van der Waals surface area contributed by atoms with Crippen molar-refractivity contribution in [3.63, 3.8) is 0 Å². The predicted molar refractivity (Wildman–Crippen MR) is 109 cm³/mol. The Morgan fingerprint density at radius 1 is 1.27 bits per heavy atom. The molecule has 0 fully saturated rings. The zero-order valence-corrected chi connectivity index (χ0v) is 16.6. The summed E-state index contributed by atoms with van der Waals surface area (Å²) in [5.41, 5.74) is 1.97. The van der Waals surface area contributed by atoms with Crippen LogP contribution in [-0.4, -0.2) is 22.2 Å². The van der Waals surface area contributed by atoms with E-state index in [1.807, 2.05) is 48.0 Å². The Bertz CT molecular complexity index is 866. The van der Waals surface area contributed by atoms with Gasteiger partial charge in [0.2, 0.25) is 0 Å². The van der Waals surface area contributed by atoms with Crippen LogP contribution in [0.25, 0.3) is 15.9 Å². The smallest absolute Gasteiger partial charge is 0.261 e. The van der Waals surface area contributed by atoms with Crippen LogP contribution in [0.4, 0.5) is 0 Å². The normalized spacial score (nSPS) is 12.4. The number of rotatable bonds is 8. The third-order valence-electron chi connectivity index (χ3n) is 4.86. The van der Waals surface area contributed by atoms with Crippen LogP contribution < -0.4 is 5.32 Å². The molecule has 0 saturated heterocycles. The highest BCUT2D eigenvalue weighted by Crippen LogP contribution is 2.30. The number of fused-ring (bicyclic) bond motifs is 1. The van der Waals surface area contributed by atoms with Gasteiger partial charge in [0, 0.05) is 11.9 Å². The number of unbranched alkanes of at least 4 members (excludes halogenated alkanes) is 1. The number of nitrogens with one attached hydrogen (secondary N) is 1. The maximum atomic E-state index is 12.6. The lowest BCUT2D eigenvalue weighted by molar-refractivity contribution is 0.0950. The summed E-state index contributed by atoms with van der Waals surface area (Å²) < 4.78 is 1.93. The van der Waals surface area contributed by atoms with E-state index in [1.54, 1.807) is 0 Å². The largest absolute Gasteiger partial charge is 0.351 e. The number of benzene rings is 1. The van der Waals surface area contributed by atoms with Gasteiger partial charge >= 0.3 is 0 Å². The lowest BCUT2D eigenvalue weighted by Gasteiger charge is -2.14. The lowest BCUT2D eigenvalue weighted by Crippen LogP contribution is -2.28. The highest BCUT2D eigenvalue weighted by Gasteiger charge is 2.17. The summed E-state index contributed by atoms with van der Waals surface area (Å²) in [5, 5.41) is 8.82. The molecule has 0 aliphatic carbocycles. The predicted octanol–water partition coefficient (Wildman–Crippen LogP) is 5.34. The quantitative estimate of drug-likeness (QED) is 0.582. The van der Waals surface area contributed by atoms with Gasteiger partial charge in [0.05, 0.1) is 16.3 Å². The molecule has 0 aliphatic heterocycles. The fourth-order valence-electron chi connectivity index (χ4n) is 3.17. The Hall–Kier alpha value is -2.14. The van der Waals surface area contributed by atoms with Crippen molar-refractivity contribution in [3.05, 3.63) is 47.0 Å². The zero-order chi connectivity index (χ0) is 18.5. The molecule has 26 heavy (non-hydrogen) atoms. The first-order chi connectivity index (χ1) is 12.6. The Kier molecular flexibility index (Phi) is 6.09. The number of nitrogens with zero attached hydrogens (tertiary/aromatic N) is 2. The third kappa shape index (κ3) is 3.98. The van der Waals surface area contributed by atoms with E-state index >= 15 is 0 Å². The molecule has 2 heterocycles. The first kappa shape index (κ1) is 18.6. The minimum Gasteiger partial charge on any atom is -0.351 e. The number of amides is 1. The van der Waals surface area contributed by atoms with Gasteiger partial charge in [0.15, 0.2) is 0 Å². The second-order valence-corrected chi connectivity index (χ2v) is 7.82. The monoisotopic (exact) mass is 369 g/mol. The SMILES string of the molecule is CCCCC(CC)CNC(=O)c1cc2c(C)nn(-c3ccccc3)c2s1. The molecule has 1 atom stereocenters. The summed E-state index contributed by atoms with van der Waals surface area (Å²) in [4.78, 5) is 14.4. The number of hydrogen-bond donors (Lipinski definition) is 1. The number of para-hydroxylation sites is 1. The number of thiophene rings is 1. The van der Waals surface area contributed by atoms with Gasteiger partial charge in [-0.2, -0.15) is 5.10 Å². The molecule has 0 radical (unpaired) electrons. The summed E-state index contributed by atoms with van der Waals surface area (Å²) >= 11 is 1.51. The topological polar surface area (TPSA) is 46.9 Å². The van der Waals surface area contributed by atoms with Crippen LogP contribution in [0.15, 0.2) is 36.4 Å². The number of aryl methyl sites for hydroxylation is 1. The summed E-state index contributed by atoms with van der Waals surface area (Å²) in [7, 11) is 0. The van der Waals surface area contributed by atoms with E-state index < -0.39 is 0 Å². The fourth-order valence-corrected chi connectivity index (χ4v) is 4.27. The molecule has 0 saturated carbocycles. The summed E-state index contributed by atoms with van der Waals surface area (Å²) in [5.74, 6) is 0.593. The molecule has 1 N–H and O–H groups in total. The van der Waals surface area contributed by atoms with Gasteiger partial charge in [0.1, 0.15) is 4.83 Å². The molecule has 0 spiro atoms. The fraction of sp³-hybridized carbons (Fsp3) is 0.429. The van der Waals surface area contributed by atoms with Gasteiger partial charge in [-0.3, -0.25) is 4.79 Å². The number of hydrogen-bond acceptors (Lipinski definition) is 3. The number of carbonyl (C=O) groups is 1. The Morgan fingerprint density at radius 2 is 2.04 bits per heavy atom. The van der Waals surface area contributed by atoms with Gasteiger partial charge in [-0.05, 0) is 37.5 Å². The van der Waals surface area contributed by atoms with Gasteiger partial charge in [0.25, 0.3) is 5.91 Å². The Morgan fingerprint density at radius 3 is 2.73 bits per heavy atom. The van der Waals surface area contributed by atoms with Crippen molar-refractivity contribution in [2.75, 3.05) is 6.54 Å². The van der Waals surface area contributed by atoms with Crippen molar-refractivity contribution in [3.8, 4) is 5.69 Å². The van der Waals surface area contributed by atoms with Gasteiger partial charge in [-0.15, -0.1) is 11.3 Å². The molecular weight excluding hydrogens is 342 g/mol. The Labute approximate surface area is 159 Å².